The maximum absolute atomic E-state index is 14.0. The van der Waals surface area contributed by atoms with E-state index in [-0.39, 0.29) is 18.8 Å². The minimum atomic E-state index is -2.02. The Balaban J connectivity index is 1.65. The first-order valence-corrected chi connectivity index (χ1v) is 11.2. The summed E-state index contributed by atoms with van der Waals surface area (Å²) < 4.78 is 22.6. The van der Waals surface area contributed by atoms with E-state index in [1.807, 2.05) is 0 Å². The first-order chi connectivity index (χ1) is 15.2. The van der Waals surface area contributed by atoms with Crippen LogP contribution in [0.1, 0.15) is 41.0 Å². The van der Waals surface area contributed by atoms with E-state index in [1.165, 1.54) is 19.1 Å². The molecule has 6 rings (SSSR count). The van der Waals surface area contributed by atoms with Crippen molar-refractivity contribution >= 4 is 23.5 Å². The third-order valence-corrected chi connectivity index (χ3v) is 9.13. The van der Waals surface area contributed by atoms with E-state index in [9.17, 15) is 24.3 Å². The van der Waals surface area contributed by atoms with Crippen molar-refractivity contribution in [2.24, 2.45) is 22.7 Å². The van der Waals surface area contributed by atoms with Gasteiger partial charge < -0.3 is 24.1 Å². The number of carbonyl (C=O) groups is 4. The zero-order valence-electron chi connectivity index (χ0n) is 19.1. The number of aliphatic hydroxyl groups is 1. The van der Waals surface area contributed by atoms with E-state index >= 15 is 0 Å². The van der Waals surface area contributed by atoms with Crippen molar-refractivity contribution < 1.29 is 43.2 Å². The molecule has 4 heterocycles. The molecule has 4 aliphatic heterocycles. The highest BCUT2D eigenvalue weighted by atomic mass is 16.7. The molecule has 33 heavy (non-hydrogen) atoms. The van der Waals surface area contributed by atoms with Crippen LogP contribution in [-0.2, 0) is 38.1 Å². The second-order valence-corrected chi connectivity index (χ2v) is 11.1. The minimum absolute atomic E-state index is 0.0243. The van der Waals surface area contributed by atoms with E-state index in [0.29, 0.717) is 11.1 Å². The van der Waals surface area contributed by atoms with Gasteiger partial charge in [0.1, 0.15) is 22.7 Å². The van der Waals surface area contributed by atoms with Gasteiger partial charge in [0.05, 0.1) is 12.5 Å². The molecule has 0 aromatic rings. The fraction of sp³-hybridized carbons (Fsp3) is 0.667. The van der Waals surface area contributed by atoms with E-state index in [2.05, 4.69) is 0 Å². The van der Waals surface area contributed by atoms with Crippen LogP contribution in [0.4, 0.5) is 0 Å². The van der Waals surface area contributed by atoms with E-state index < -0.39 is 69.6 Å². The molecule has 1 spiro atoms. The van der Waals surface area contributed by atoms with Gasteiger partial charge in [-0.25, -0.2) is 4.79 Å². The summed E-state index contributed by atoms with van der Waals surface area (Å²) in [7, 11) is 0. The smallest absolute Gasteiger partial charge is 0.332 e. The van der Waals surface area contributed by atoms with Gasteiger partial charge in [0.15, 0.2) is 17.2 Å². The Morgan fingerprint density at radius 1 is 1.03 bits per heavy atom. The number of Topliss-reactive ketones (excluding diaryl/α,β-unsaturated/α-hetero) is 1. The largest absolute Gasteiger partial charge is 0.452 e. The molecule has 1 saturated carbocycles. The summed E-state index contributed by atoms with van der Waals surface area (Å²) in [5, 5.41) is 12.0. The lowest BCUT2D eigenvalue weighted by molar-refractivity contribution is -0.288. The molecule has 0 radical (unpaired) electrons. The second-order valence-electron chi connectivity index (χ2n) is 11.1. The monoisotopic (exact) mass is 458 g/mol. The van der Waals surface area contributed by atoms with Crippen molar-refractivity contribution in [3.63, 3.8) is 0 Å². The number of cyclic esters (lactones) is 1. The zero-order valence-corrected chi connectivity index (χ0v) is 19.1. The van der Waals surface area contributed by atoms with Crippen molar-refractivity contribution in [2.45, 2.75) is 70.2 Å². The van der Waals surface area contributed by atoms with Crippen molar-refractivity contribution in [3.05, 3.63) is 23.3 Å². The highest BCUT2D eigenvalue weighted by Crippen LogP contribution is 2.71. The number of epoxide rings is 1. The molecule has 0 aromatic carbocycles. The van der Waals surface area contributed by atoms with Gasteiger partial charge in [-0.1, -0.05) is 6.92 Å². The zero-order chi connectivity index (χ0) is 23.9. The molecule has 9 nitrogen and oxygen atoms in total. The van der Waals surface area contributed by atoms with Crippen LogP contribution < -0.4 is 0 Å². The average Bonchev–Trinajstić information content (AvgIpc) is 3.48. The molecule has 176 valence electrons. The van der Waals surface area contributed by atoms with Gasteiger partial charge in [0.25, 0.3) is 0 Å². The number of carbonyl (C=O) groups excluding carboxylic acids is 4. The lowest BCUT2D eigenvalue weighted by atomic mass is 9.43. The van der Waals surface area contributed by atoms with Crippen LogP contribution in [0.5, 0.6) is 0 Å². The molecule has 0 amide bonds. The second kappa shape index (κ2) is 5.64. The van der Waals surface area contributed by atoms with Crippen LogP contribution in [0.3, 0.4) is 0 Å². The Morgan fingerprint density at radius 2 is 1.70 bits per heavy atom. The SMILES string of the molecule is C[C@H]1O[C@@H]2OC(=O)[C@]3(C)C[C@@H]4[C@](C)(C(=O)C=C5C(=CC(=O)OC5(C)C)[C@@]45CO5)[C@H](C1=O)[C@]23O. The minimum Gasteiger partial charge on any atom is -0.452 e. The maximum Gasteiger partial charge on any atom is 0.332 e. The van der Waals surface area contributed by atoms with Crippen LogP contribution in [-0.4, -0.2) is 64.4 Å². The number of ketones is 2. The van der Waals surface area contributed by atoms with Crippen molar-refractivity contribution in [3.8, 4) is 0 Å². The number of allylic oxidation sites excluding steroid dienone is 1. The number of esters is 2. The van der Waals surface area contributed by atoms with Gasteiger partial charge in [0, 0.05) is 28.6 Å². The molecule has 1 N–H and O–H groups in total. The molecular formula is C24H26O9. The third kappa shape index (κ3) is 2.11. The van der Waals surface area contributed by atoms with Crippen LogP contribution in [0.2, 0.25) is 0 Å². The summed E-state index contributed by atoms with van der Waals surface area (Å²) in [6.45, 7) is 8.35. The summed E-state index contributed by atoms with van der Waals surface area (Å²) >= 11 is 0. The molecule has 2 aliphatic carbocycles. The van der Waals surface area contributed by atoms with Crippen LogP contribution in [0.25, 0.3) is 0 Å². The molecule has 8 atom stereocenters. The van der Waals surface area contributed by atoms with Crippen LogP contribution in [0, 0.1) is 22.7 Å². The lowest BCUT2D eigenvalue weighted by Crippen LogP contribution is -2.74. The predicted molar refractivity (Wildman–Crippen MR) is 108 cm³/mol. The summed E-state index contributed by atoms with van der Waals surface area (Å²) in [6.07, 6.45) is 0.461. The highest BCUT2D eigenvalue weighted by Gasteiger charge is 2.83. The van der Waals surface area contributed by atoms with Crippen molar-refractivity contribution in [1.29, 1.82) is 0 Å². The number of ether oxygens (including phenoxy) is 4. The Morgan fingerprint density at radius 3 is 2.33 bits per heavy atom. The van der Waals surface area contributed by atoms with Crippen LogP contribution >= 0.6 is 0 Å². The number of fused-ring (bicyclic) bond motifs is 5. The topological polar surface area (TPSA) is 129 Å². The fourth-order valence-corrected chi connectivity index (χ4v) is 7.18. The Labute approximate surface area is 190 Å². The van der Waals surface area contributed by atoms with Crippen molar-refractivity contribution in [2.75, 3.05) is 6.61 Å². The third-order valence-electron chi connectivity index (χ3n) is 9.13. The van der Waals surface area contributed by atoms with Crippen molar-refractivity contribution in [1.82, 2.24) is 0 Å². The average molecular weight is 458 g/mol. The maximum atomic E-state index is 14.0. The molecule has 0 aromatic heterocycles. The first-order valence-electron chi connectivity index (χ1n) is 11.2. The Kier molecular flexibility index (Phi) is 3.62. The normalized spacial score (nSPS) is 51.5. The van der Waals surface area contributed by atoms with Gasteiger partial charge in [-0.05, 0) is 40.2 Å². The molecule has 9 heteroatoms. The van der Waals surface area contributed by atoms with E-state index in [4.69, 9.17) is 18.9 Å². The molecule has 3 saturated heterocycles. The fourth-order valence-electron chi connectivity index (χ4n) is 7.18. The van der Waals surface area contributed by atoms with Crippen LogP contribution in [0.15, 0.2) is 23.3 Å². The quantitative estimate of drug-likeness (QED) is 0.413. The molecule has 4 fully saturated rings. The number of hydrogen-bond acceptors (Lipinski definition) is 9. The van der Waals surface area contributed by atoms with E-state index in [1.54, 1.807) is 27.7 Å². The van der Waals surface area contributed by atoms with E-state index in [0.717, 1.165) is 0 Å². The summed E-state index contributed by atoms with van der Waals surface area (Å²) in [5.41, 5.74) is -6.06. The van der Waals surface area contributed by atoms with Gasteiger partial charge in [-0.15, -0.1) is 0 Å². The van der Waals surface area contributed by atoms with Gasteiger partial charge in [-0.3, -0.25) is 14.4 Å². The molecule has 0 unspecified atom stereocenters. The molecular weight excluding hydrogens is 432 g/mol. The lowest BCUT2D eigenvalue weighted by Gasteiger charge is -2.59. The highest BCUT2D eigenvalue weighted by molar-refractivity contribution is 6.05. The predicted octanol–water partition coefficient (Wildman–Crippen LogP) is 0.777. The van der Waals surface area contributed by atoms with Gasteiger partial charge in [-0.2, -0.15) is 0 Å². The summed E-state index contributed by atoms with van der Waals surface area (Å²) in [5.74, 6) is -4.00. The summed E-state index contributed by atoms with van der Waals surface area (Å²) in [4.78, 5) is 53.2. The Hall–Kier alpha value is -2.36. The standard InChI is InChI=1S/C24H26O9/c1-10-16(27)17-22(5)13(8-21(4)18(28)32-19(31-10)24(17,21)29)23(9-30-23)12-7-15(26)33-20(2,3)11(12)6-14(22)25/h6-7,10,13,17,19,29H,8-9H2,1-5H3/t10-,13-,17+,19-,21+,22-,23+,24+/m1/s1. The number of hydrogen-bond donors (Lipinski definition) is 1. The number of rotatable bonds is 0. The molecule has 6 aliphatic rings. The van der Waals surface area contributed by atoms with Gasteiger partial charge in [0.2, 0.25) is 6.29 Å². The Bertz CT molecular complexity index is 1130. The summed E-state index contributed by atoms with van der Waals surface area (Å²) in [6, 6.07) is 0. The molecule has 0 bridgehead atoms. The van der Waals surface area contributed by atoms with Gasteiger partial charge >= 0.3 is 11.9 Å². The first kappa shape index (κ1) is 21.2.